The highest BCUT2D eigenvalue weighted by Crippen LogP contribution is 2.18. The van der Waals surface area contributed by atoms with E-state index in [0.717, 1.165) is 38.5 Å². The zero-order valence-electron chi connectivity index (χ0n) is 14.7. The Bertz CT molecular complexity index is 539. The average Bonchev–Trinajstić information content (AvgIpc) is 2.62. The van der Waals surface area contributed by atoms with Crippen LogP contribution in [0.15, 0.2) is 36.9 Å². The maximum atomic E-state index is 11.0. The van der Waals surface area contributed by atoms with Crippen molar-refractivity contribution in [1.29, 1.82) is 0 Å². The zero-order valence-corrected chi connectivity index (χ0v) is 14.7. The van der Waals surface area contributed by atoms with Crippen LogP contribution in [0.1, 0.15) is 61.7 Å². The third kappa shape index (κ3) is 9.55. The number of carbonyl (C=O) groups is 2. The van der Waals surface area contributed by atoms with Gasteiger partial charge in [-0.3, -0.25) is 0 Å². The summed E-state index contributed by atoms with van der Waals surface area (Å²) >= 11 is 0. The highest BCUT2D eigenvalue weighted by molar-refractivity contribution is 5.90. The van der Waals surface area contributed by atoms with E-state index in [2.05, 4.69) is 6.58 Å². The minimum absolute atomic E-state index is 0.0984. The van der Waals surface area contributed by atoms with Crippen LogP contribution in [0.4, 0.5) is 0 Å². The second-order valence-corrected chi connectivity index (χ2v) is 5.83. The van der Waals surface area contributed by atoms with Gasteiger partial charge in [-0.1, -0.05) is 57.2 Å². The molecule has 0 atom stereocenters. The summed E-state index contributed by atoms with van der Waals surface area (Å²) in [5, 5.41) is 11.0. The first kappa shape index (κ1) is 20.7. The molecule has 0 fully saturated rings. The number of carbonyl (C=O) groups excluding carboxylic acids is 2. The summed E-state index contributed by atoms with van der Waals surface area (Å²) in [5.41, 5.74) is 0.0984. The normalized spacial score (nSPS) is 10.2. The largest absolute Gasteiger partial charge is 0.493 e. The fraction of sp³-hybridized carbons (Fsp3) is 0.500. The van der Waals surface area contributed by atoms with E-state index in [-0.39, 0.29) is 11.5 Å². The van der Waals surface area contributed by atoms with Gasteiger partial charge in [0.05, 0.1) is 13.2 Å². The number of unbranched alkanes of at least 4 members (excludes halogenated alkanes) is 7. The molecule has 0 unspecified atom stereocenters. The second kappa shape index (κ2) is 13.0. The van der Waals surface area contributed by atoms with Crippen molar-refractivity contribution >= 4 is 11.9 Å². The van der Waals surface area contributed by atoms with Crippen molar-refractivity contribution in [3.63, 3.8) is 0 Å². The summed E-state index contributed by atoms with van der Waals surface area (Å²) < 4.78 is 10.4. The highest BCUT2D eigenvalue weighted by atomic mass is 16.5. The highest BCUT2D eigenvalue weighted by Gasteiger charge is 2.11. The molecule has 0 aromatic heterocycles. The van der Waals surface area contributed by atoms with Gasteiger partial charge in [0.2, 0.25) is 0 Å². The molecule has 0 spiro atoms. The van der Waals surface area contributed by atoms with Gasteiger partial charge in [0.25, 0.3) is 0 Å². The molecular weight excluding hydrogens is 320 g/mol. The summed E-state index contributed by atoms with van der Waals surface area (Å²) in [7, 11) is 0. The third-order valence-corrected chi connectivity index (χ3v) is 3.81. The molecule has 0 saturated heterocycles. The minimum atomic E-state index is -1.21. The summed E-state index contributed by atoms with van der Waals surface area (Å²) in [6.45, 7) is 4.33. The van der Waals surface area contributed by atoms with Crippen molar-refractivity contribution in [2.45, 2.75) is 51.4 Å². The Morgan fingerprint density at radius 1 is 0.880 bits per heavy atom. The van der Waals surface area contributed by atoms with E-state index in [0.29, 0.717) is 19.0 Å². The Labute approximate surface area is 149 Å². The van der Waals surface area contributed by atoms with Crippen LogP contribution in [0.2, 0.25) is 0 Å². The van der Waals surface area contributed by atoms with Gasteiger partial charge in [-0.15, -0.1) is 0 Å². The van der Waals surface area contributed by atoms with Gasteiger partial charge in [-0.05, 0) is 25.0 Å². The van der Waals surface area contributed by atoms with Crippen molar-refractivity contribution in [2.75, 3.05) is 13.2 Å². The quantitative estimate of drug-likeness (QED) is 0.282. The van der Waals surface area contributed by atoms with Crippen LogP contribution < -0.4 is 4.74 Å². The standard InChI is InChI=1S/C20H27O5/c1-2-19(21)25-16-12-8-6-4-3-5-7-11-15-24-18-14-10-9-13-17(18)20(22)23/h2,9-10,13-14H,1,3-8,11-12,15-16H2. The molecule has 0 aliphatic rings. The Balaban J connectivity index is 1.95. The van der Waals surface area contributed by atoms with Crippen molar-refractivity contribution in [2.24, 2.45) is 0 Å². The Hall–Kier alpha value is -2.30. The maximum Gasteiger partial charge on any atom is 0.390 e. The summed E-state index contributed by atoms with van der Waals surface area (Å²) in [5.74, 6) is -1.20. The molecule has 5 heteroatoms. The first-order valence-electron chi connectivity index (χ1n) is 8.87. The fourth-order valence-electron chi connectivity index (χ4n) is 2.44. The smallest absolute Gasteiger partial charge is 0.390 e. The van der Waals surface area contributed by atoms with Crippen molar-refractivity contribution < 1.29 is 24.2 Å². The first-order chi connectivity index (χ1) is 12.1. The van der Waals surface area contributed by atoms with Crippen LogP contribution in [0.25, 0.3) is 0 Å². The molecule has 0 saturated carbocycles. The van der Waals surface area contributed by atoms with Crippen LogP contribution in [0.5, 0.6) is 5.75 Å². The van der Waals surface area contributed by atoms with E-state index in [1.54, 1.807) is 18.2 Å². The van der Waals surface area contributed by atoms with Gasteiger partial charge >= 0.3 is 11.9 Å². The topological polar surface area (TPSA) is 72.5 Å². The van der Waals surface area contributed by atoms with Crippen molar-refractivity contribution in [3.05, 3.63) is 42.5 Å². The second-order valence-electron chi connectivity index (χ2n) is 5.83. The van der Waals surface area contributed by atoms with Gasteiger partial charge < -0.3 is 9.47 Å². The molecule has 1 aromatic carbocycles. The Morgan fingerprint density at radius 2 is 1.44 bits per heavy atom. The number of rotatable bonds is 14. The number of hydrogen-bond acceptors (Lipinski definition) is 4. The Kier molecular flexibility index (Phi) is 10.8. The minimum Gasteiger partial charge on any atom is -0.493 e. The monoisotopic (exact) mass is 347 g/mol. The molecule has 137 valence electrons. The molecule has 1 rings (SSSR count). The maximum absolute atomic E-state index is 11.0. The van der Waals surface area contributed by atoms with Gasteiger partial charge in [-0.25, -0.2) is 14.7 Å². The molecule has 0 bridgehead atoms. The lowest BCUT2D eigenvalue weighted by atomic mass is 10.1. The summed E-state index contributed by atoms with van der Waals surface area (Å²) in [6, 6.07) is 6.54. The number of esters is 1. The lowest BCUT2D eigenvalue weighted by Crippen LogP contribution is -2.03. The lowest BCUT2D eigenvalue weighted by Gasteiger charge is -2.08. The van der Waals surface area contributed by atoms with Crippen LogP contribution in [0, 0.1) is 0 Å². The number of hydrogen-bond donors (Lipinski definition) is 0. The zero-order chi connectivity index (χ0) is 18.3. The van der Waals surface area contributed by atoms with Gasteiger partial charge in [-0.2, -0.15) is 0 Å². The van der Waals surface area contributed by atoms with Crippen LogP contribution in [-0.2, 0) is 14.6 Å². The molecule has 0 aliphatic carbocycles. The van der Waals surface area contributed by atoms with E-state index >= 15 is 0 Å². The van der Waals surface area contributed by atoms with E-state index in [1.165, 1.54) is 25.0 Å². The Morgan fingerprint density at radius 3 is 2.04 bits per heavy atom. The number of para-hydroxylation sites is 1. The first-order valence-corrected chi connectivity index (χ1v) is 8.87. The van der Waals surface area contributed by atoms with Crippen LogP contribution in [-0.4, -0.2) is 25.2 Å². The van der Waals surface area contributed by atoms with Gasteiger partial charge in [0.1, 0.15) is 11.3 Å². The number of benzene rings is 1. The molecule has 25 heavy (non-hydrogen) atoms. The molecule has 1 aromatic rings. The van der Waals surface area contributed by atoms with E-state index in [1.807, 2.05) is 0 Å². The molecule has 5 nitrogen and oxygen atoms in total. The van der Waals surface area contributed by atoms with E-state index < -0.39 is 5.97 Å². The van der Waals surface area contributed by atoms with Gasteiger partial charge in [0.15, 0.2) is 0 Å². The summed E-state index contributed by atoms with van der Waals surface area (Å²) in [4.78, 5) is 21.8. The molecule has 0 N–H and O–H groups in total. The molecule has 0 aliphatic heterocycles. The average molecular weight is 347 g/mol. The third-order valence-electron chi connectivity index (χ3n) is 3.81. The van der Waals surface area contributed by atoms with Crippen molar-refractivity contribution in [3.8, 4) is 5.75 Å². The molecular formula is C20H27O5. The van der Waals surface area contributed by atoms with Gasteiger partial charge in [0, 0.05) is 6.08 Å². The van der Waals surface area contributed by atoms with E-state index in [9.17, 15) is 14.7 Å². The predicted molar refractivity (Wildman–Crippen MR) is 95.0 cm³/mol. The summed E-state index contributed by atoms with van der Waals surface area (Å²) in [6.07, 6.45) is 9.72. The lowest BCUT2D eigenvalue weighted by molar-refractivity contribution is -0.137. The predicted octanol–water partition coefficient (Wildman–Crippen LogP) is 4.49. The van der Waals surface area contributed by atoms with E-state index in [4.69, 9.17) is 9.47 Å². The van der Waals surface area contributed by atoms with Crippen LogP contribution >= 0.6 is 0 Å². The van der Waals surface area contributed by atoms with Crippen LogP contribution in [0.3, 0.4) is 0 Å². The molecule has 0 amide bonds. The molecule has 0 heterocycles. The molecule has 1 radical (unpaired) electrons. The number of ether oxygens (including phenoxy) is 2. The van der Waals surface area contributed by atoms with Crippen molar-refractivity contribution in [1.82, 2.24) is 0 Å². The fourth-order valence-corrected chi connectivity index (χ4v) is 2.44. The SMILES string of the molecule is C=CC(=O)OCCCCCCCCCCOc1ccccc1C([O])=O.